The zero-order valence-electron chi connectivity index (χ0n) is 20.6. The maximum atomic E-state index is 14.1. The number of rotatable bonds is 8. The number of sulfone groups is 1. The summed E-state index contributed by atoms with van der Waals surface area (Å²) in [6.45, 7) is -0.137. The van der Waals surface area contributed by atoms with E-state index in [1.807, 2.05) is 6.07 Å². The minimum Gasteiger partial charge on any atom is -0.381 e. The molecule has 10 nitrogen and oxygen atoms in total. The second kappa shape index (κ2) is 10.0. The first-order valence-electron chi connectivity index (χ1n) is 11.8. The summed E-state index contributed by atoms with van der Waals surface area (Å²) in [6.07, 6.45) is -2.59. The van der Waals surface area contributed by atoms with Crippen molar-refractivity contribution in [2.45, 2.75) is 60.2 Å². The molecule has 0 aliphatic heterocycles. The van der Waals surface area contributed by atoms with E-state index in [9.17, 15) is 36.4 Å². The number of halogens is 3. The van der Waals surface area contributed by atoms with Crippen LogP contribution < -0.4 is 10.6 Å². The first-order chi connectivity index (χ1) is 17.8. The van der Waals surface area contributed by atoms with Crippen LogP contribution in [0.3, 0.4) is 0 Å². The van der Waals surface area contributed by atoms with Gasteiger partial charge in [-0.2, -0.15) is 23.5 Å². The topological polar surface area (TPSA) is 143 Å². The van der Waals surface area contributed by atoms with Gasteiger partial charge in [-0.1, -0.05) is 6.07 Å². The third kappa shape index (κ3) is 5.39. The molecule has 2 aliphatic rings. The number of hydrogen-bond donors (Lipinski definition) is 2. The molecule has 2 aromatic rings. The molecule has 0 spiro atoms. The molecule has 14 heteroatoms. The Morgan fingerprint density at radius 3 is 2.55 bits per heavy atom. The van der Waals surface area contributed by atoms with Gasteiger partial charge in [0.25, 0.3) is 0 Å². The Hall–Kier alpha value is -3.44. The van der Waals surface area contributed by atoms with E-state index in [-0.39, 0.29) is 36.4 Å². The molecule has 2 fully saturated rings. The van der Waals surface area contributed by atoms with Gasteiger partial charge in [-0.15, -0.1) is 0 Å². The number of ether oxygens (including phenoxy) is 1. The van der Waals surface area contributed by atoms with Crippen LogP contribution in [0.25, 0.3) is 11.1 Å². The molecule has 0 radical (unpaired) electrons. The summed E-state index contributed by atoms with van der Waals surface area (Å²) in [7, 11) is -1.79. The van der Waals surface area contributed by atoms with E-state index in [1.165, 1.54) is 37.3 Å². The third-order valence-corrected chi connectivity index (χ3v) is 9.24. The van der Waals surface area contributed by atoms with Crippen LogP contribution in [0, 0.1) is 17.2 Å². The van der Waals surface area contributed by atoms with E-state index in [2.05, 4.69) is 15.7 Å². The summed E-state index contributed by atoms with van der Waals surface area (Å²) in [5.74, 6) is -1.82. The van der Waals surface area contributed by atoms with Crippen LogP contribution in [0.5, 0.6) is 0 Å². The summed E-state index contributed by atoms with van der Waals surface area (Å²) < 4.78 is 75.9. The number of hydrogen-bond acceptors (Lipinski definition) is 7. The summed E-state index contributed by atoms with van der Waals surface area (Å²) in [4.78, 5) is 23.5. The SMILES string of the molecule is CNC(=O)Cn1cc(-c2ccc(S(=O)(=O)[C@H]3C[C@@H](OC)[C@H](C(=O)NC4(C#N)CC4)C3)c(C(F)(F)F)c2)cn1. The molecule has 2 N–H and O–H groups in total. The van der Waals surface area contributed by atoms with Gasteiger partial charge in [-0.05, 0) is 43.4 Å². The zero-order chi connectivity index (χ0) is 27.9. The van der Waals surface area contributed by atoms with Crippen molar-refractivity contribution in [3.8, 4) is 17.2 Å². The number of aromatic nitrogens is 2. The molecule has 2 saturated carbocycles. The van der Waals surface area contributed by atoms with Crippen molar-refractivity contribution in [2.75, 3.05) is 14.2 Å². The number of likely N-dealkylation sites (N-methyl/N-ethyl adjacent to an activating group) is 1. The van der Waals surface area contributed by atoms with E-state index < -0.39 is 55.2 Å². The molecular weight excluding hydrogens is 527 g/mol. The first-order valence-corrected chi connectivity index (χ1v) is 13.3. The fourth-order valence-corrected chi connectivity index (χ4v) is 6.65. The number of nitriles is 1. The number of carbonyl (C=O) groups excluding carboxylic acids is 2. The summed E-state index contributed by atoms with van der Waals surface area (Å²) in [5, 5.41) is 17.0. The molecular formula is C24H26F3N5O5S. The Morgan fingerprint density at radius 1 is 1.26 bits per heavy atom. The van der Waals surface area contributed by atoms with E-state index in [0.29, 0.717) is 12.8 Å². The average molecular weight is 554 g/mol. The number of amides is 2. The quantitative estimate of drug-likeness (QED) is 0.509. The number of nitrogens with zero attached hydrogens (tertiary/aromatic N) is 3. The Morgan fingerprint density at radius 2 is 1.97 bits per heavy atom. The monoisotopic (exact) mass is 553 g/mol. The highest BCUT2D eigenvalue weighted by Gasteiger charge is 2.51. The van der Waals surface area contributed by atoms with Crippen LogP contribution in [0.4, 0.5) is 13.2 Å². The van der Waals surface area contributed by atoms with Crippen molar-refractivity contribution in [3.63, 3.8) is 0 Å². The highest BCUT2D eigenvalue weighted by molar-refractivity contribution is 7.92. The van der Waals surface area contributed by atoms with Crippen LogP contribution >= 0.6 is 0 Å². The number of nitrogens with one attached hydrogen (secondary N) is 2. The van der Waals surface area contributed by atoms with E-state index in [0.717, 1.165) is 12.1 Å². The molecule has 1 aromatic carbocycles. The second-order valence-corrected chi connectivity index (χ2v) is 11.7. The van der Waals surface area contributed by atoms with Crippen LogP contribution in [0.15, 0.2) is 35.5 Å². The predicted molar refractivity (Wildman–Crippen MR) is 127 cm³/mol. The van der Waals surface area contributed by atoms with Crippen molar-refractivity contribution in [2.24, 2.45) is 5.92 Å². The molecule has 2 amide bonds. The maximum Gasteiger partial charge on any atom is 0.417 e. The van der Waals surface area contributed by atoms with Gasteiger partial charge in [0.05, 0.1) is 40.0 Å². The van der Waals surface area contributed by atoms with Gasteiger partial charge < -0.3 is 15.4 Å². The van der Waals surface area contributed by atoms with Gasteiger partial charge >= 0.3 is 6.18 Å². The molecule has 0 bridgehead atoms. The van der Waals surface area contributed by atoms with Gasteiger partial charge in [0.15, 0.2) is 9.84 Å². The van der Waals surface area contributed by atoms with Crippen LogP contribution in [0.2, 0.25) is 0 Å². The van der Waals surface area contributed by atoms with E-state index in [1.54, 1.807) is 0 Å². The van der Waals surface area contributed by atoms with Gasteiger partial charge in [0.2, 0.25) is 11.8 Å². The average Bonchev–Trinajstić information content (AvgIpc) is 3.27. The Labute approximate surface area is 217 Å². The van der Waals surface area contributed by atoms with Gasteiger partial charge in [-0.25, -0.2) is 8.42 Å². The van der Waals surface area contributed by atoms with Crippen LogP contribution in [0.1, 0.15) is 31.2 Å². The lowest BCUT2D eigenvalue weighted by atomic mass is 10.0. The molecule has 204 valence electrons. The lowest BCUT2D eigenvalue weighted by Gasteiger charge is -2.19. The molecule has 0 saturated heterocycles. The molecule has 0 unspecified atom stereocenters. The van der Waals surface area contributed by atoms with Crippen molar-refractivity contribution in [3.05, 3.63) is 36.2 Å². The standard InChI is InChI=1S/C24H26F3N5O5S/c1-29-21(33)12-32-11-15(10-30-32)14-3-4-20(18(7-14)24(25,26)27)38(35,36)16-8-17(19(9-16)37-2)22(34)31-23(13-28)5-6-23/h3-4,7,10-11,16-17,19H,5-6,8-9,12H2,1-2H3,(H,29,33)(H,31,34)/t16-,17-,19-/m1/s1. The highest BCUT2D eigenvalue weighted by atomic mass is 32.2. The van der Waals surface area contributed by atoms with Crippen molar-refractivity contribution in [1.29, 1.82) is 5.26 Å². The molecule has 3 atom stereocenters. The Kier molecular flexibility index (Phi) is 7.28. The van der Waals surface area contributed by atoms with E-state index >= 15 is 0 Å². The fourth-order valence-electron chi connectivity index (χ4n) is 4.65. The minimum atomic E-state index is -4.99. The van der Waals surface area contributed by atoms with Crippen LogP contribution in [-0.2, 0) is 36.9 Å². The van der Waals surface area contributed by atoms with Crippen molar-refractivity contribution in [1.82, 2.24) is 20.4 Å². The van der Waals surface area contributed by atoms with Crippen LogP contribution in [-0.4, -0.2) is 61.1 Å². The normalized spacial score (nSPS) is 22.5. The zero-order valence-corrected chi connectivity index (χ0v) is 21.4. The molecule has 4 rings (SSSR count). The Balaban J connectivity index is 1.63. The van der Waals surface area contributed by atoms with Gasteiger partial charge in [0, 0.05) is 25.9 Å². The summed E-state index contributed by atoms with van der Waals surface area (Å²) >= 11 is 0. The lowest BCUT2D eigenvalue weighted by Crippen LogP contribution is -2.42. The molecule has 38 heavy (non-hydrogen) atoms. The molecule has 1 aromatic heterocycles. The fraction of sp³-hybridized carbons (Fsp3) is 0.500. The second-order valence-electron chi connectivity index (χ2n) is 9.51. The van der Waals surface area contributed by atoms with Gasteiger partial charge in [0.1, 0.15) is 12.1 Å². The smallest absolute Gasteiger partial charge is 0.381 e. The largest absolute Gasteiger partial charge is 0.417 e. The Bertz CT molecular complexity index is 1390. The number of benzene rings is 1. The van der Waals surface area contributed by atoms with Crippen molar-refractivity contribution >= 4 is 21.7 Å². The first kappa shape index (κ1) is 27.6. The maximum absolute atomic E-state index is 14.1. The number of methoxy groups -OCH3 is 1. The molecule has 1 heterocycles. The number of alkyl halides is 3. The highest BCUT2D eigenvalue weighted by Crippen LogP contribution is 2.43. The minimum absolute atomic E-state index is 0.0733. The third-order valence-electron chi connectivity index (χ3n) is 7.01. The van der Waals surface area contributed by atoms with Crippen molar-refractivity contribution < 1.29 is 35.9 Å². The summed E-state index contributed by atoms with van der Waals surface area (Å²) in [5.41, 5.74) is -1.96. The summed E-state index contributed by atoms with van der Waals surface area (Å²) in [6, 6.07) is 4.92. The van der Waals surface area contributed by atoms with Gasteiger partial charge in [-0.3, -0.25) is 14.3 Å². The predicted octanol–water partition coefficient (Wildman–Crippen LogP) is 2.05. The van der Waals surface area contributed by atoms with E-state index in [4.69, 9.17) is 4.74 Å². The lowest BCUT2D eigenvalue weighted by molar-refractivity contribution is -0.139. The number of carbonyl (C=O) groups is 2. The molecule has 2 aliphatic carbocycles.